The van der Waals surface area contributed by atoms with Crippen LogP contribution in [0.25, 0.3) is 133 Å². The number of nitrogens with zero attached hydrogens (tertiary/aromatic N) is 3. The van der Waals surface area contributed by atoms with E-state index in [0.717, 1.165) is 138 Å². The van der Waals surface area contributed by atoms with Crippen molar-refractivity contribution >= 4 is 116 Å². The molecule has 0 aliphatic carbocycles. The largest absolute Gasteiger partial charge is 0.456 e. The van der Waals surface area contributed by atoms with Gasteiger partial charge in [-0.25, -0.2) is 4.99 Å². The van der Waals surface area contributed by atoms with Crippen molar-refractivity contribution < 1.29 is 13.3 Å². The number of aliphatic imine (C=N–C) groups is 1. The lowest BCUT2D eigenvalue weighted by atomic mass is 9.97. The summed E-state index contributed by atoms with van der Waals surface area (Å²) in [7, 11) is 0. The van der Waals surface area contributed by atoms with Crippen LogP contribution in [0.15, 0.2) is 249 Å². The van der Waals surface area contributed by atoms with Gasteiger partial charge in [-0.15, -0.1) is 0 Å². The van der Waals surface area contributed by atoms with E-state index in [1.807, 2.05) is 36.4 Å². The zero-order valence-corrected chi connectivity index (χ0v) is 39.1. The van der Waals surface area contributed by atoms with Gasteiger partial charge in [-0.05, 0) is 102 Å². The van der Waals surface area contributed by atoms with Gasteiger partial charge in [0.25, 0.3) is 0 Å². The van der Waals surface area contributed by atoms with Gasteiger partial charge < -0.3 is 22.4 Å². The number of hydrogen-bond donors (Lipinski definition) is 0. The molecular formula is C67H39N3O3. The summed E-state index contributed by atoms with van der Waals surface area (Å²) >= 11 is 0. The summed E-state index contributed by atoms with van der Waals surface area (Å²) in [5.74, 6) is 0. The highest BCUT2D eigenvalue weighted by atomic mass is 16.3. The highest BCUT2D eigenvalue weighted by Gasteiger charge is 2.24. The molecule has 0 saturated heterocycles. The molecule has 6 nitrogen and oxygen atoms in total. The second kappa shape index (κ2) is 15.3. The summed E-state index contributed by atoms with van der Waals surface area (Å²) in [5.41, 5.74) is 16.2. The second-order valence-corrected chi connectivity index (χ2v) is 18.9. The molecule has 0 bridgehead atoms. The fourth-order valence-corrected chi connectivity index (χ4v) is 11.8. The molecule has 0 N–H and O–H groups in total. The second-order valence-electron chi connectivity index (χ2n) is 18.9. The van der Waals surface area contributed by atoms with Gasteiger partial charge in [0.15, 0.2) is 5.58 Å². The van der Waals surface area contributed by atoms with E-state index in [1.165, 1.54) is 16.3 Å². The van der Waals surface area contributed by atoms with Gasteiger partial charge in [-0.1, -0.05) is 146 Å². The number of aromatic nitrogens is 2. The Morgan fingerprint density at radius 1 is 0.370 bits per heavy atom. The smallest absolute Gasteiger partial charge is 0.159 e. The number of rotatable bonds is 5. The van der Waals surface area contributed by atoms with Gasteiger partial charge >= 0.3 is 0 Å². The third kappa shape index (κ3) is 5.83. The van der Waals surface area contributed by atoms with Gasteiger partial charge in [-0.2, -0.15) is 0 Å². The third-order valence-corrected chi connectivity index (χ3v) is 15.0. The van der Waals surface area contributed by atoms with Crippen molar-refractivity contribution in [1.29, 1.82) is 0 Å². The molecule has 1 aliphatic rings. The minimum absolute atomic E-state index is 0.799. The molecule has 16 rings (SSSR count). The monoisotopic (exact) mass is 933 g/mol. The van der Waals surface area contributed by atoms with Crippen LogP contribution in [-0.2, 0) is 0 Å². The lowest BCUT2D eigenvalue weighted by molar-refractivity contribution is 0.665. The summed E-state index contributed by atoms with van der Waals surface area (Å²) in [4.78, 5) is 5.96. The number of furan rings is 3. The van der Waals surface area contributed by atoms with Crippen LogP contribution in [0.1, 0.15) is 11.1 Å². The Balaban J connectivity index is 1.06. The normalized spacial score (nSPS) is 13.8. The first-order valence-corrected chi connectivity index (χ1v) is 24.7. The van der Waals surface area contributed by atoms with E-state index in [9.17, 15) is 0 Å². The van der Waals surface area contributed by atoms with Crippen molar-refractivity contribution in [3.63, 3.8) is 0 Å². The number of benzene rings is 10. The SMILES string of the molecule is C1=CC(c2cccc3oc4ccccc4c23)=N/C(c2cccc3oc4ccccc4c23)=c2\c(n(-c3cccc4c3oc3ccccc34)c3ccc(-c4ccc5c(c4)c4ccccc4n5-c4ccccc4)cc23)=C1. The summed E-state index contributed by atoms with van der Waals surface area (Å²) < 4.78 is 24.7. The topological polar surface area (TPSA) is 61.6 Å². The molecule has 6 heteroatoms. The maximum atomic E-state index is 6.85. The quantitative estimate of drug-likeness (QED) is 0.173. The van der Waals surface area contributed by atoms with Gasteiger partial charge in [0.1, 0.15) is 27.9 Å². The lowest BCUT2D eigenvalue weighted by Crippen LogP contribution is -2.31. The molecule has 0 saturated carbocycles. The van der Waals surface area contributed by atoms with E-state index >= 15 is 0 Å². The summed E-state index contributed by atoms with van der Waals surface area (Å²) in [6, 6.07) is 77.1. The Kier molecular flexibility index (Phi) is 8.36. The van der Waals surface area contributed by atoms with Crippen LogP contribution in [0.5, 0.6) is 0 Å². The average Bonchev–Trinajstić information content (AvgIpc) is 4.26. The standard InChI is InChI=1S/C67H39N3O3/c1-2-16-42(17-3-1)69-53-26-8-4-18-43(53)50-38-40(34-36-54(50)69)41-35-37-55-51(39-41)65-56(70(55)57-28-12-22-45-44-19-5-9-29-58(44)73-67(45)57)27-15-25-52(46-23-13-32-61-63(46)47-20-6-10-30-59(47)71-61)68-66(65)49-24-14-33-62-64(49)48-21-7-11-31-60(48)72-62/h1-39H/b25-15?,27-15?,52-25?,56-27?,66-65-,68-52?,68-66?. The predicted molar refractivity (Wildman–Crippen MR) is 300 cm³/mol. The van der Waals surface area contributed by atoms with Crippen molar-refractivity contribution in [2.24, 2.45) is 4.99 Å². The molecule has 6 heterocycles. The molecule has 0 atom stereocenters. The molecule has 5 aromatic heterocycles. The van der Waals surface area contributed by atoms with Crippen LogP contribution in [0, 0.1) is 0 Å². The molecule has 73 heavy (non-hydrogen) atoms. The number of hydrogen-bond acceptors (Lipinski definition) is 4. The first-order chi connectivity index (χ1) is 36.2. The lowest BCUT2D eigenvalue weighted by Gasteiger charge is -2.11. The Bertz CT molecular complexity index is 5030. The molecule has 0 amide bonds. The minimum Gasteiger partial charge on any atom is -0.456 e. The van der Waals surface area contributed by atoms with Crippen LogP contribution in [0.4, 0.5) is 0 Å². The molecular weight excluding hydrogens is 895 g/mol. The minimum atomic E-state index is 0.799. The van der Waals surface area contributed by atoms with E-state index in [0.29, 0.717) is 0 Å². The first kappa shape index (κ1) is 39.9. The molecule has 0 fully saturated rings. The number of fused-ring (bicyclic) bond motifs is 15. The fourth-order valence-electron chi connectivity index (χ4n) is 11.8. The summed E-state index contributed by atoms with van der Waals surface area (Å²) in [6.07, 6.45) is 6.54. The van der Waals surface area contributed by atoms with Crippen molar-refractivity contribution in [3.8, 4) is 22.5 Å². The van der Waals surface area contributed by atoms with E-state index in [1.54, 1.807) is 0 Å². The number of allylic oxidation sites excluding steroid dienone is 2. The molecule has 1 aliphatic heterocycles. The van der Waals surface area contributed by atoms with Gasteiger partial charge in [0.05, 0.1) is 39.0 Å². The highest BCUT2D eigenvalue weighted by molar-refractivity contribution is 6.24. The number of para-hydroxylation sites is 6. The first-order valence-electron chi connectivity index (χ1n) is 24.7. The third-order valence-electron chi connectivity index (χ3n) is 15.0. The van der Waals surface area contributed by atoms with Crippen molar-refractivity contribution in [2.45, 2.75) is 0 Å². The molecule has 340 valence electrons. The van der Waals surface area contributed by atoms with Crippen LogP contribution in [0.2, 0.25) is 0 Å². The Morgan fingerprint density at radius 2 is 0.918 bits per heavy atom. The van der Waals surface area contributed by atoms with E-state index in [2.05, 4.69) is 209 Å². The van der Waals surface area contributed by atoms with Crippen LogP contribution in [-0.4, -0.2) is 14.8 Å². The van der Waals surface area contributed by atoms with Crippen molar-refractivity contribution in [3.05, 3.63) is 252 Å². The zero-order valence-electron chi connectivity index (χ0n) is 39.1. The zero-order chi connectivity index (χ0) is 47.7. The summed E-state index contributed by atoms with van der Waals surface area (Å²) in [5, 5.41) is 11.7. The molecule has 10 aromatic carbocycles. The van der Waals surface area contributed by atoms with Crippen LogP contribution >= 0.6 is 0 Å². The Hall–Kier alpha value is -9.91. The van der Waals surface area contributed by atoms with Crippen molar-refractivity contribution in [1.82, 2.24) is 9.13 Å². The van der Waals surface area contributed by atoms with Crippen LogP contribution in [0.3, 0.4) is 0 Å². The van der Waals surface area contributed by atoms with E-state index < -0.39 is 0 Å². The van der Waals surface area contributed by atoms with Crippen molar-refractivity contribution in [2.75, 3.05) is 0 Å². The fraction of sp³-hybridized carbons (Fsp3) is 0. The highest BCUT2D eigenvalue weighted by Crippen LogP contribution is 2.40. The molecule has 0 unspecified atom stereocenters. The molecule has 0 spiro atoms. The van der Waals surface area contributed by atoms with Gasteiger partial charge in [0, 0.05) is 70.5 Å². The van der Waals surface area contributed by atoms with Crippen LogP contribution < -0.4 is 10.6 Å². The van der Waals surface area contributed by atoms with Gasteiger partial charge in [-0.3, -0.25) is 0 Å². The Labute approximate surface area is 416 Å². The molecule has 0 radical (unpaired) electrons. The molecule has 15 aromatic rings. The predicted octanol–water partition coefficient (Wildman–Crippen LogP) is 16.1. The van der Waals surface area contributed by atoms with E-state index in [4.69, 9.17) is 18.2 Å². The van der Waals surface area contributed by atoms with Gasteiger partial charge in [0.2, 0.25) is 0 Å². The maximum Gasteiger partial charge on any atom is 0.159 e. The summed E-state index contributed by atoms with van der Waals surface area (Å²) in [6.45, 7) is 0. The maximum absolute atomic E-state index is 6.85. The average molecular weight is 934 g/mol. The van der Waals surface area contributed by atoms with E-state index in [-0.39, 0.29) is 0 Å². The Morgan fingerprint density at radius 3 is 1.66 bits per heavy atom.